The number of ether oxygens (including phenoxy) is 3. The van der Waals surface area contributed by atoms with Crippen LogP contribution in [-0.2, 0) is 23.8 Å². The minimum absolute atomic E-state index is 0.0122. The lowest BCUT2D eigenvalue weighted by molar-refractivity contribution is -0.302. The second-order valence-electron chi connectivity index (χ2n) is 28.8. The van der Waals surface area contributed by atoms with Gasteiger partial charge < -0.3 is 45.1 Å². The molecular formula is C84H157NO10. The molecule has 1 aliphatic heterocycles. The lowest BCUT2D eigenvalue weighted by atomic mass is 9.99. The minimum atomic E-state index is -1.57. The fraction of sp³-hybridized carbons (Fsp3) is 0.881. The van der Waals surface area contributed by atoms with Crippen molar-refractivity contribution in [2.45, 2.75) is 455 Å². The summed E-state index contributed by atoms with van der Waals surface area (Å²) in [5.74, 6) is -0.166. The number of carbonyl (C=O) groups is 2. The van der Waals surface area contributed by atoms with E-state index in [-0.39, 0.29) is 18.5 Å². The van der Waals surface area contributed by atoms with E-state index >= 15 is 0 Å². The van der Waals surface area contributed by atoms with Crippen LogP contribution < -0.4 is 5.32 Å². The Balaban J connectivity index is 1.86. The quantitative estimate of drug-likeness (QED) is 0.0195. The van der Waals surface area contributed by atoms with E-state index in [1.165, 1.54) is 321 Å². The first-order valence-corrected chi connectivity index (χ1v) is 41.4. The molecule has 0 bridgehead atoms. The first-order valence-electron chi connectivity index (χ1n) is 41.4. The van der Waals surface area contributed by atoms with Crippen molar-refractivity contribution in [3.05, 3.63) is 48.6 Å². The Bertz CT molecular complexity index is 1720. The van der Waals surface area contributed by atoms with Crippen LogP contribution in [0, 0.1) is 0 Å². The molecule has 0 spiro atoms. The predicted molar refractivity (Wildman–Crippen MR) is 403 cm³/mol. The summed E-state index contributed by atoms with van der Waals surface area (Å²) in [5.41, 5.74) is 0. The summed E-state index contributed by atoms with van der Waals surface area (Å²) in [6, 6.07) is -0.807. The fourth-order valence-corrected chi connectivity index (χ4v) is 13.2. The molecule has 1 aliphatic rings. The molecule has 0 saturated carbocycles. The molecule has 95 heavy (non-hydrogen) atoms. The van der Waals surface area contributed by atoms with E-state index in [2.05, 4.69) is 55.6 Å². The lowest BCUT2D eigenvalue weighted by Crippen LogP contribution is -2.60. The highest BCUT2D eigenvalue weighted by Crippen LogP contribution is 2.24. The summed E-state index contributed by atoms with van der Waals surface area (Å²) >= 11 is 0. The van der Waals surface area contributed by atoms with Gasteiger partial charge >= 0.3 is 5.97 Å². The van der Waals surface area contributed by atoms with Crippen molar-refractivity contribution < 1.29 is 49.3 Å². The van der Waals surface area contributed by atoms with Crippen LogP contribution in [-0.4, -0.2) is 100 Å². The number of aliphatic hydroxyl groups is 5. The summed E-state index contributed by atoms with van der Waals surface area (Å²) in [6.07, 6.45) is 87.4. The van der Waals surface area contributed by atoms with Gasteiger partial charge in [0, 0.05) is 12.8 Å². The Morgan fingerprint density at radius 2 is 0.705 bits per heavy atom. The van der Waals surface area contributed by atoms with Gasteiger partial charge in [-0.3, -0.25) is 9.59 Å². The van der Waals surface area contributed by atoms with Crippen molar-refractivity contribution in [3.8, 4) is 0 Å². The number of carbonyl (C=O) groups excluding carboxylic acids is 2. The van der Waals surface area contributed by atoms with Gasteiger partial charge in [-0.05, 0) is 89.9 Å². The molecule has 0 radical (unpaired) electrons. The number of rotatable bonds is 74. The van der Waals surface area contributed by atoms with E-state index in [4.69, 9.17) is 14.2 Å². The predicted octanol–water partition coefficient (Wildman–Crippen LogP) is 22.6. The molecule has 0 aromatic rings. The Kier molecular flexibility index (Phi) is 69.5. The van der Waals surface area contributed by atoms with Crippen LogP contribution in [0.5, 0.6) is 0 Å². The number of aliphatic hydroxyl groups excluding tert-OH is 5. The zero-order chi connectivity index (χ0) is 68.6. The van der Waals surface area contributed by atoms with Crippen LogP contribution in [0.2, 0.25) is 0 Å². The van der Waals surface area contributed by atoms with Gasteiger partial charge in [0.05, 0.1) is 32.0 Å². The van der Waals surface area contributed by atoms with Crippen LogP contribution in [0.4, 0.5) is 0 Å². The molecule has 6 N–H and O–H groups in total. The second kappa shape index (κ2) is 72.9. The molecule has 11 heteroatoms. The van der Waals surface area contributed by atoms with E-state index in [1.54, 1.807) is 6.08 Å². The van der Waals surface area contributed by atoms with Crippen molar-refractivity contribution in [1.82, 2.24) is 5.32 Å². The average Bonchev–Trinajstić information content (AvgIpc) is 0.836. The molecule has 1 saturated heterocycles. The number of nitrogens with one attached hydrogen (secondary N) is 1. The van der Waals surface area contributed by atoms with Gasteiger partial charge in [0.1, 0.15) is 24.4 Å². The molecule has 0 aliphatic carbocycles. The Morgan fingerprint density at radius 3 is 1.07 bits per heavy atom. The maximum absolute atomic E-state index is 13.0. The molecule has 1 fully saturated rings. The number of esters is 1. The summed E-state index contributed by atoms with van der Waals surface area (Å²) < 4.78 is 16.8. The van der Waals surface area contributed by atoms with E-state index in [0.717, 1.165) is 64.2 Å². The summed E-state index contributed by atoms with van der Waals surface area (Å²) in [5, 5.41) is 54.4. The molecule has 7 atom stereocenters. The third-order valence-electron chi connectivity index (χ3n) is 19.7. The molecule has 1 amide bonds. The normalized spacial score (nSPS) is 17.6. The van der Waals surface area contributed by atoms with Gasteiger partial charge in [0.25, 0.3) is 0 Å². The first kappa shape index (κ1) is 90.6. The monoisotopic (exact) mass is 1340 g/mol. The minimum Gasteiger partial charge on any atom is -0.466 e. The van der Waals surface area contributed by atoms with Crippen molar-refractivity contribution in [1.29, 1.82) is 0 Å². The Hall–Kier alpha value is -2.38. The van der Waals surface area contributed by atoms with Gasteiger partial charge in [-0.25, -0.2) is 0 Å². The van der Waals surface area contributed by atoms with Crippen molar-refractivity contribution in [2.75, 3.05) is 19.8 Å². The van der Waals surface area contributed by atoms with E-state index in [9.17, 15) is 35.1 Å². The number of hydrogen-bond donors (Lipinski definition) is 6. The molecule has 1 heterocycles. The van der Waals surface area contributed by atoms with Crippen LogP contribution in [0.1, 0.15) is 412 Å². The largest absolute Gasteiger partial charge is 0.466 e. The smallest absolute Gasteiger partial charge is 0.305 e. The molecule has 1 rings (SSSR count). The number of allylic oxidation sites excluding steroid dienone is 7. The molecule has 11 nitrogen and oxygen atoms in total. The van der Waals surface area contributed by atoms with Crippen molar-refractivity contribution in [2.24, 2.45) is 0 Å². The maximum Gasteiger partial charge on any atom is 0.305 e. The third-order valence-corrected chi connectivity index (χ3v) is 19.7. The number of amides is 1. The SMILES string of the molecule is CCCCCCCCC/C=C\CCCCCCCCCC(=O)OCCCCCCCCCCCCCCCCC/C=C\C/C=C\CCCCCCCCCCCCCCCCCCCC(=O)NC(COC1OC(CO)C(O)C(O)C1O)C(O)/C=C/CCCCCCCCCC. The van der Waals surface area contributed by atoms with Gasteiger partial charge in [-0.1, -0.05) is 358 Å². The van der Waals surface area contributed by atoms with Gasteiger partial charge in [0.15, 0.2) is 6.29 Å². The average molecular weight is 1340 g/mol. The van der Waals surface area contributed by atoms with E-state index in [1.807, 2.05) is 6.08 Å². The second-order valence-corrected chi connectivity index (χ2v) is 28.8. The van der Waals surface area contributed by atoms with Gasteiger partial charge in [-0.15, -0.1) is 0 Å². The molecule has 0 aromatic carbocycles. The fourth-order valence-electron chi connectivity index (χ4n) is 13.2. The van der Waals surface area contributed by atoms with Crippen LogP contribution >= 0.6 is 0 Å². The summed E-state index contributed by atoms with van der Waals surface area (Å²) in [7, 11) is 0. The highest BCUT2D eigenvalue weighted by Gasteiger charge is 2.44. The summed E-state index contributed by atoms with van der Waals surface area (Å²) in [6.45, 7) is 4.37. The topological polar surface area (TPSA) is 175 Å². The van der Waals surface area contributed by atoms with Crippen LogP contribution in [0.3, 0.4) is 0 Å². The lowest BCUT2D eigenvalue weighted by Gasteiger charge is -2.40. The number of hydrogen-bond acceptors (Lipinski definition) is 10. The molecule has 7 unspecified atom stereocenters. The van der Waals surface area contributed by atoms with E-state index in [0.29, 0.717) is 19.4 Å². The zero-order valence-electron chi connectivity index (χ0n) is 62.4. The van der Waals surface area contributed by atoms with Crippen LogP contribution in [0.25, 0.3) is 0 Å². The van der Waals surface area contributed by atoms with Gasteiger partial charge in [-0.2, -0.15) is 0 Å². The van der Waals surface area contributed by atoms with Crippen LogP contribution in [0.15, 0.2) is 48.6 Å². The molecule has 558 valence electrons. The number of unbranched alkanes of at least 4 members (excludes halogenated alkanes) is 54. The van der Waals surface area contributed by atoms with Crippen molar-refractivity contribution in [3.63, 3.8) is 0 Å². The summed E-state index contributed by atoms with van der Waals surface area (Å²) in [4.78, 5) is 25.2. The molecular weight excluding hydrogens is 1180 g/mol. The van der Waals surface area contributed by atoms with Crippen molar-refractivity contribution >= 4 is 11.9 Å². The maximum atomic E-state index is 13.0. The zero-order valence-corrected chi connectivity index (χ0v) is 62.4. The third kappa shape index (κ3) is 61.2. The Labute approximate surface area is 586 Å². The van der Waals surface area contributed by atoms with E-state index < -0.39 is 49.5 Å². The standard InChI is InChI=1S/C84H157NO10/c1-3-5-7-9-11-13-15-16-17-18-43-46-49-52-56-60-64-68-72-80(89)93-73-69-65-61-57-53-50-47-44-41-39-37-35-33-31-29-27-25-23-21-19-20-22-24-26-28-30-32-34-36-38-40-42-45-48-51-55-59-63-67-71-79(88)85-76(75-94-84-83(92)82(91)81(90)78(74-86)95-84)77(87)70-66-62-58-54-14-12-10-8-6-4-2/h17-20,23,25,66,70,76-78,81-84,86-87,90-92H,3-16,21-22,24,26-65,67-69,71-75H2,1-2H3,(H,85,88)/b18-17-,20-19-,25-23-,70-66+. The highest BCUT2D eigenvalue weighted by molar-refractivity contribution is 5.76. The first-order chi connectivity index (χ1) is 46.7. The Morgan fingerprint density at radius 1 is 0.389 bits per heavy atom. The highest BCUT2D eigenvalue weighted by atomic mass is 16.7. The molecule has 0 aromatic heterocycles. The van der Waals surface area contributed by atoms with Gasteiger partial charge in [0.2, 0.25) is 5.91 Å².